The van der Waals surface area contributed by atoms with Crippen molar-refractivity contribution in [1.82, 2.24) is 9.97 Å². The van der Waals surface area contributed by atoms with Crippen LogP contribution in [0.4, 0.5) is 0 Å². The van der Waals surface area contributed by atoms with E-state index in [0.29, 0.717) is 0 Å². The van der Waals surface area contributed by atoms with Crippen LogP contribution < -0.4 is 5.73 Å². The number of aromatic nitrogens is 2. The zero-order valence-corrected chi connectivity index (χ0v) is 9.58. The Balaban J connectivity index is 2.28. The average Bonchev–Trinajstić information content (AvgIpc) is 2.65. The molecule has 1 unspecified atom stereocenters. The third kappa shape index (κ3) is 2.22. The molecule has 1 atom stereocenters. The highest BCUT2D eigenvalue weighted by Gasteiger charge is 2.11. The van der Waals surface area contributed by atoms with Crippen molar-refractivity contribution in [3.8, 4) is 0 Å². The predicted molar refractivity (Wildman–Crippen MR) is 61.9 cm³/mol. The van der Waals surface area contributed by atoms with E-state index in [4.69, 9.17) is 5.73 Å². The lowest BCUT2D eigenvalue weighted by atomic mass is 10.1. The molecule has 2 rings (SSSR count). The molecule has 0 aliphatic carbocycles. The van der Waals surface area contributed by atoms with E-state index in [1.165, 1.54) is 0 Å². The Morgan fingerprint density at radius 2 is 2.00 bits per heavy atom. The van der Waals surface area contributed by atoms with E-state index in [-0.39, 0.29) is 6.04 Å². The van der Waals surface area contributed by atoms with Gasteiger partial charge in [-0.1, -0.05) is 6.07 Å². The highest BCUT2D eigenvalue weighted by atomic mass is 32.1. The van der Waals surface area contributed by atoms with Crippen LogP contribution in [0.2, 0.25) is 0 Å². The number of nitrogens with zero attached hydrogens (tertiary/aromatic N) is 2. The van der Waals surface area contributed by atoms with Crippen molar-refractivity contribution in [2.45, 2.75) is 19.9 Å². The topological polar surface area (TPSA) is 51.8 Å². The largest absolute Gasteiger partial charge is 0.320 e. The van der Waals surface area contributed by atoms with Gasteiger partial charge in [0.25, 0.3) is 0 Å². The van der Waals surface area contributed by atoms with Crippen LogP contribution in [0, 0.1) is 13.8 Å². The van der Waals surface area contributed by atoms with Crippen molar-refractivity contribution in [3.05, 3.63) is 45.7 Å². The minimum absolute atomic E-state index is 0.107. The molecule has 0 spiro atoms. The van der Waals surface area contributed by atoms with Gasteiger partial charge in [0.15, 0.2) is 0 Å². The summed E-state index contributed by atoms with van der Waals surface area (Å²) in [7, 11) is 0. The van der Waals surface area contributed by atoms with Crippen LogP contribution in [-0.2, 0) is 0 Å². The van der Waals surface area contributed by atoms with Crippen molar-refractivity contribution in [1.29, 1.82) is 0 Å². The van der Waals surface area contributed by atoms with Crippen molar-refractivity contribution in [2.24, 2.45) is 5.73 Å². The maximum absolute atomic E-state index is 6.11. The molecule has 0 aliphatic rings. The second-order valence-electron chi connectivity index (χ2n) is 3.49. The fraction of sp³-hybridized carbons (Fsp3) is 0.273. The van der Waals surface area contributed by atoms with E-state index in [2.05, 4.69) is 9.97 Å². The monoisotopic (exact) mass is 219 g/mol. The molecule has 78 valence electrons. The molecule has 0 saturated carbocycles. The number of hydrogen-bond acceptors (Lipinski definition) is 4. The Hall–Kier alpha value is -1.26. The Morgan fingerprint density at radius 1 is 1.20 bits per heavy atom. The van der Waals surface area contributed by atoms with Crippen LogP contribution in [-0.4, -0.2) is 9.97 Å². The number of rotatable bonds is 2. The molecular formula is C11H13N3S. The summed E-state index contributed by atoms with van der Waals surface area (Å²) >= 11 is 1.63. The number of aryl methyl sites for hydroxylation is 2. The number of pyridine rings is 1. The molecule has 2 heterocycles. The summed E-state index contributed by atoms with van der Waals surface area (Å²) in [5.41, 5.74) is 8.15. The van der Waals surface area contributed by atoms with Gasteiger partial charge < -0.3 is 5.73 Å². The highest BCUT2D eigenvalue weighted by Crippen LogP contribution is 2.23. The van der Waals surface area contributed by atoms with Crippen molar-refractivity contribution in [3.63, 3.8) is 0 Å². The average molecular weight is 219 g/mol. The Bertz CT molecular complexity index is 447. The van der Waals surface area contributed by atoms with Crippen LogP contribution in [0.25, 0.3) is 0 Å². The lowest BCUT2D eigenvalue weighted by Gasteiger charge is -2.08. The summed E-state index contributed by atoms with van der Waals surface area (Å²) in [6.45, 7) is 3.94. The molecule has 2 aromatic heterocycles. The van der Waals surface area contributed by atoms with Gasteiger partial charge in [-0.05, 0) is 25.5 Å². The van der Waals surface area contributed by atoms with Gasteiger partial charge in [0.05, 0.1) is 11.0 Å². The van der Waals surface area contributed by atoms with Gasteiger partial charge >= 0.3 is 0 Å². The van der Waals surface area contributed by atoms with Gasteiger partial charge in [0.2, 0.25) is 0 Å². The summed E-state index contributed by atoms with van der Waals surface area (Å²) in [5.74, 6) is 0. The predicted octanol–water partition coefficient (Wildman–Crippen LogP) is 2.20. The summed E-state index contributed by atoms with van der Waals surface area (Å²) in [4.78, 5) is 9.52. The number of hydrogen-bond donors (Lipinski definition) is 1. The first kappa shape index (κ1) is 10.3. The van der Waals surface area contributed by atoms with Gasteiger partial charge in [-0.2, -0.15) is 0 Å². The molecule has 0 saturated heterocycles. The SMILES string of the molecule is Cc1ccc(C(N)c2cnc(C)s2)cn1. The summed E-state index contributed by atoms with van der Waals surface area (Å²) in [6, 6.07) is 3.88. The first-order chi connectivity index (χ1) is 7.16. The second kappa shape index (κ2) is 4.08. The standard InChI is InChI=1S/C11H13N3S/c1-7-3-4-9(5-13-7)11(12)10-6-14-8(2)15-10/h3-6,11H,12H2,1-2H3. The van der Waals surface area contributed by atoms with Crippen LogP contribution >= 0.6 is 11.3 Å². The molecule has 0 aromatic carbocycles. The van der Waals surface area contributed by atoms with Crippen LogP contribution in [0.5, 0.6) is 0 Å². The van der Waals surface area contributed by atoms with E-state index < -0.39 is 0 Å². The minimum atomic E-state index is -0.107. The fourth-order valence-corrected chi connectivity index (χ4v) is 2.16. The number of thiazole rings is 1. The first-order valence-corrected chi connectivity index (χ1v) is 5.59. The van der Waals surface area contributed by atoms with Crippen LogP contribution in [0.1, 0.15) is 27.2 Å². The van der Waals surface area contributed by atoms with E-state index in [1.807, 2.05) is 38.4 Å². The first-order valence-electron chi connectivity index (χ1n) is 4.77. The zero-order valence-electron chi connectivity index (χ0n) is 8.77. The summed E-state index contributed by atoms with van der Waals surface area (Å²) in [6.07, 6.45) is 3.67. The zero-order chi connectivity index (χ0) is 10.8. The molecule has 0 radical (unpaired) electrons. The van der Waals surface area contributed by atoms with Gasteiger partial charge in [0.1, 0.15) is 0 Å². The number of nitrogens with two attached hydrogens (primary N) is 1. The van der Waals surface area contributed by atoms with Crippen LogP contribution in [0.3, 0.4) is 0 Å². The lowest BCUT2D eigenvalue weighted by Crippen LogP contribution is -2.10. The molecule has 0 bridgehead atoms. The Morgan fingerprint density at radius 3 is 2.53 bits per heavy atom. The van der Waals surface area contributed by atoms with Crippen molar-refractivity contribution < 1.29 is 0 Å². The fourth-order valence-electron chi connectivity index (χ4n) is 1.35. The summed E-state index contributed by atoms with van der Waals surface area (Å²) in [5, 5.41) is 1.04. The van der Waals surface area contributed by atoms with Gasteiger partial charge in [-0.3, -0.25) is 4.98 Å². The maximum atomic E-state index is 6.11. The Kier molecular flexibility index (Phi) is 2.79. The molecule has 0 amide bonds. The maximum Gasteiger partial charge on any atom is 0.0897 e. The molecule has 0 aliphatic heterocycles. The molecule has 2 aromatic rings. The van der Waals surface area contributed by atoms with Gasteiger partial charge in [-0.15, -0.1) is 11.3 Å². The van der Waals surface area contributed by atoms with Gasteiger partial charge in [-0.25, -0.2) is 4.98 Å². The quantitative estimate of drug-likeness (QED) is 0.842. The second-order valence-corrected chi connectivity index (χ2v) is 4.76. The normalized spacial score (nSPS) is 12.7. The summed E-state index contributed by atoms with van der Waals surface area (Å²) < 4.78 is 0. The van der Waals surface area contributed by atoms with E-state index >= 15 is 0 Å². The molecule has 0 fully saturated rings. The molecule has 2 N–H and O–H groups in total. The minimum Gasteiger partial charge on any atom is -0.320 e. The van der Waals surface area contributed by atoms with Crippen LogP contribution in [0.15, 0.2) is 24.5 Å². The van der Waals surface area contributed by atoms with Crippen molar-refractivity contribution >= 4 is 11.3 Å². The molecule has 4 heteroatoms. The van der Waals surface area contributed by atoms with Crippen molar-refractivity contribution in [2.75, 3.05) is 0 Å². The van der Waals surface area contributed by atoms with Gasteiger partial charge in [0, 0.05) is 23.0 Å². The van der Waals surface area contributed by atoms with E-state index in [1.54, 1.807) is 11.3 Å². The third-order valence-electron chi connectivity index (χ3n) is 2.24. The molecule has 3 nitrogen and oxygen atoms in total. The molecular weight excluding hydrogens is 206 g/mol. The highest BCUT2D eigenvalue weighted by molar-refractivity contribution is 7.11. The van der Waals surface area contributed by atoms with E-state index in [0.717, 1.165) is 21.1 Å². The van der Waals surface area contributed by atoms with E-state index in [9.17, 15) is 0 Å². The Labute approximate surface area is 93.0 Å². The smallest absolute Gasteiger partial charge is 0.0897 e. The molecule has 15 heavy (non-hydrogen) atoms. The third-order valence-corrected chi connectivity index (χ3v) is 3.23. The lowest BCUT2D eigenvalue weighted by molar-refractivity contribution is 0.877.